The Bertz CT molecular complexity index is 1140. The maximum atomic E-state index is 13.4. The van der Waals surface area contributed by atoms with Gasteiger partial charge in [0.15, 0.2) is 0 Å². The second kappa shape index (κ2) is 7.74. The van der Waals surface area contributed by atoms with Gasteiger partial charge < -0.3 is 5.32 Å². The molecule has 0 bridgehead atoms. The van der Waals surface area contributed by atoms with E-state index in [0.29, 0.717) is 11.3 Å². The fourth-order valence-corrected chi connectivity index (χ4v) is 3.56. The summed E-state index contributed by atoms with van der Waals surface area (Å²) in [7, 11) is 0. The normalized spacial score (nSPS) is 14.0. The molecule has 1 aliphatic rings. The first-order chi connectivity index (χ1) is 14.0. The second-order valence-electron chi connectivity index (χ2n) is 6.63. The third kappa shape index (κ3) is 3.53. The number of imide groups is 1. The van der Waals surface area contributed by atoms with Gasteiger partial charge in [-0.15, -0.1) is 0 Å². The number of halogens is 2. The van der Waals surface area contributed by atoms with Gasteiger partial charge in [0.05, 0.1) is 21.3 Å². The first-order valence-corrected chi connectivity index (χ1v) is 9.69. The number of carbonyl (C=O) groups excluding carboxylic acids is 2. The Morgan fingerprint density at radius 1 is 0.793 bits per heavy atom. The van der Waals surface area contributed by atoms with Crippen LogP contribution in [0.4, 0.5) is 11.4 Å². The van der Waals surface area contributed by atoms with Gasteiger partial charge in [-0.2, -0.15) is 0 Å². The summed E-state index contributed by atoms with van der Waals surface area (Å²) in [6, 6.07) is 21.5. The molecule has 0 atom stereocenters. The molecule has 0 aromatic heterocycles. The average Bonchev–Trinajstić information content (AvgIpc) is 2.96. The number of rotatable bonds is 4. The molecule has 1 heterocycles. The van der Waals surface area contributed by atoms with Crippen LogP contribution in [-0.4, -0.2) is 11.8 Å². The van der Waals surface area contributed by atoms with Crippen LogP contribution in [0.5, 0.6) is 0 Å². The van der Waals surface area contributed by atoms with Crippen molar-refractivity contribution in [2.75, 3.05) is 10.2 Å². The van der Waals surface area contributed by atoms with E-state index in [1.807, 2.05) is 61.5 Å². The molecule has 0 aliphatic carbocycles. The molecule has 0 saturated heterocycles. The van der Waals surface area contributed by atoms with Gasteiger partial charge >= 0.3 is 0 Å². The van der Waals surface area contributed by atoms with Crippen LogP contribution in [0.25, 0.3) is 5.57 Å². The number of amides is 2. The Kier molecular flexibility index (Phi) is 5.14. The van der Waals surface area contributed by atoms with Crippen LogP contribution in [0, 0.1) is 6.92 Å². The molecule has 0 saturated carbocycles. The Morgan fingerprint density at radius 3 is 2.17 bits per heavy atom. The molecule has 1 aliphatic heterocycles. The first-order valence-electron chi connectivity index (χ1n) is 8.93. The number of hydrogen-bond acceptors (Lipinski definition) is 3. The molecule has 144 valence electrons. The number of hydrogen-bond donors (Lipinski definition) is 1. The van der Waals surface area contributed by atoms with E-state index in [9.17, 15) is 9.59 Å². The maximum absolute atomic E-state index is 13.4. The number of nitrogens with zero attached hydrogens (tertiary/aromatic N) is 1. The van der Waals surface area contributed by atoms with Crippen molar-refractivity contribution in [3.8, 4) is 0 Å². The lowest BCUT2D eigenvalue weighted by Crippen LogP contribution is -2.32. The SMILES string of the molecule is Cc1ccc(C2=C(Nc3ccccc3)C(=O)N(c3cccc(Cl)c3Cl)C2=O)cc1. The van der Waals surface area contributed by atoms with Crippen LogP contribution in [0.3, 0.4) is 0 Å². The number of anilines is 2. The van der Waals surface area contributed by atoms with Gasteiger partial charge in [0.25, 0.3) is 11.8 Å². The smallest absolute Gasteiger partial charge is 0.282 e. The van der Waals surface area contributed by atoms with Crippen LogP contribution >= 0.6 is 23.2 Å². The van der Waals surface area contributed by atoms with Crippen molar-refractivity contribution in [2.45, 2.75) is 6.92 Å². The van der Waals surface area contributed by atoms with Gasteiger partial charge in [-0.05, 0) is 36.8 Å². The van der Waals surface area contributed by atoms with Crippen molar-refractivity contribution in [3.05, 3.63) is 99.7 Å². The van der Waals surface area contributed by atoms with Crippen LogP contribution in [0.15, 0.2) is 78.5 Å². The topological polar surface area (TPSA) is 49.4 Å². The number of aryl methyl sites for hydroxylation is 1. The Hall–Kier alpha value is -3.08. The molecule has 29 heavy (non-hydrogen) atoms. The summed E-state index contributed by atoms with van der Waals surface area (Å²) in [5.41, 5.74) is 3.14. The number of para-hydroxylation sites is 1. The molecular formula is C23H16Cl2N2O2. The summed E-state index contributed by atoms with van der Waals surface area (Å²) in [5, 5.41) is 3.53. The monoisotopic (exact) mass is 422 g/mol. The molecule has 0 fully saturated rings. The fourth-order valence-electron chi connectivity index (χ4n) is 3.18. The highest BCUT2D eigenvalue weighted by Crippen LogP contribution is 2.39. The Morgan fingerprint density at radius 2 is 1.48 bits per heavy atom. The van der Waals surface area contributed by atoms with Crippen molar-refractivity contribution in [1.29, 1.82) is 0 Å². The summed E-state index contributed by atoms with van der Waals surface area (Å²) in [4.78, 5) is 27.8. The Balaban J connectivity index is 1.85. The molecule has 2 amide bonds. The van der Waals surface area contributed by atoms with Crippen LogP contribution in [-0.2, 0) is 9.59 Å². The molecule has 4 nitrogen and oxygen atoms in total. The van der Waals surface area contributed by atoms with E-state index in [1.165, 1.54) is 0 Å². The zero-order valence-electron chi connectivity index (χ0n) is 15.4. The number of nitrogens with one attached hydrogen (secondary N) is 1. The number of benzene rings is 3. The summed E-state index contributed by atoms with van der Waals surface area (Å²) in [6.45, 7) is 1.96. The second-order valence-corrected chi connectivity index (χ2v) is 7.41. The maximum Gasteiger partial charge on any atom is 0.282 e. The van der Waals surface area contributed by atoms with Gasteiger partial charge in [0.2, 0.25) is 0 Å². The van der Waals surface area contributed by atoms with E-state index in [0.717, 1.165) is 10.5 Å². The van der Waals surface area contributed by atoms with Gasteiger partial charge in [0.1, 0.15) is 5.70 Å². The standard InChI is InChI=1S/C23H16Cl2N2O2/c1-14-10-12-15(13-11-14)19-21(26-16-6-3-2-4-7-16)23(29)27(22(19)28)18-9-5-8-17(24)20(18)25/h2-13,26H,1H3. The summed E-state index contributed by atoms with van der Waals surface area (Å²) in [5.74, 6) is -0.944. The van der Waals surface area contributed by atoms with Crippen LogP contribution in [0.1, 0.15) is 11.1 Å². The van der Waals surface area contributed by atoms with Gasteiger partial charge in [0, 0.05) is 5.69 Å². The third-order valence-corrected chi connectivity index (χ3v) is 5.45. The molecule has 1 N–H and O–H groups in total. The summed E-state index contributed by atoms with van der Waals surface area (Å²) in [6.07, 6.45) is 0. The van der Waals surface area contributed by atoms with Crippen molar-refractivity contribution in [3.63, 3.8) is 0 Å². The zero-order chi connectivity index (χ0) is 20.5. The molecule has 0 spiro atoms. The first kappa shape index (κ1) is 19.2. The minimum atomic E-state index is -0.487. The fraction of sp³-hybridized carbons (Fsp3) is 0.0435. The minimum absolute atomic E-state index is 0.153. The molecule has 3 aromatic rings. The van der Waals surface area contributed by atoms with E-state index in [4.69, 9.17) is 23.2 Å². The quantitative estimate of drug-likeness (QED) is 0.548. The summed E-state index contributed by atoms with van der Waals surface area (Å²) >= 11 is 12.4. The van der Waals surface area contributed by atoms with Crippen LogP contribution < -0.4 is 10.2 Å². The highest BCUT2D eigenvalue weighted by atomic mass is 35.5. The molecule has 0 unspecified atom stereocenters. The van der Waals surface area contributed by atoms with Gasteiger partial charge in [-0.3, -0.25) is 9.59 Å². The largest absolute Gasteiger partial charge is 0.350 e. The van der Waals surface area contributed by atoms with Gasteiger partial charge in [-0.1, -0.05) is 77.3 Å². The van der Waals surface area contributed by atoms with Crippen molar-refractivity contribution in [2.24, 2.45) is 0 Å². The predicted octanol–water partition coefficient (Wildman–Crippen LogP) is 5.70. The molecule has 6 heteroatoms. The Labute approximate surface area is 178 Å². The predicted molar refractivity (Wildman–Crippen MR) is 117 cm³/mol. The van der Waals surface area contributed by atoms with Crippen LogP contribution in [0.2, 0.25) is 10.0 Å². The molecular weight excluding hydrogens is 407 g/mol. The lowest BCUT2D eigenvalue weighted by molar-refractivity contribution is -0.120. The zero-order valence-corrected chi connectivity index (χ0v) is 17.0. The van der Waals surface area contributed by atoms with E-state index >= 15 is 0 Å². The highest BCUT2D eigenvalue weighted by molar-refractivity contribution is 6.50. The molecule has 4 rings (SSSR count). The van der Waals surface area contributed by atoms with Gasteiger partial charge in [-0.25, -0.2) is 4.90 Å². The highest BCUT2D eigenvalue weighted by Gasteiger charge is 2.41. The third-order valence-electron chi connectivity index (χ3n) is 4.64. The minimum Gasteiger partial charge on any atom is -0.350 e. The summed E-state index contributed by atoms with van der Waals surface area (Å²) < 4.78 is 0. The number of carbonyl (C=O) groups is 2. The molecule has 3 aromatic carbocycles. The average molecular weight is 423 g/mol. The van der Waals surface area contributed by atoms with E-state index < -0.39 is 11.8 Å². The van der Waals surface area contributed by atoms with Crippen molar-refractivity contribution in [1.82, 2.24) is 0 Å². The van der Waals surface area contributed by atoms with E-state index in [2.05, 4.69) is 5.32 Å². The van der Waals surface area contributed by atoms with E-state index in [-0.39, 0.29) is 27.0 Å². The lowest BCUT2D eigenvalue weighted by atomic mass is 10.0. The molecule has 0 radical (unpaired) electrons. The van der Waals surface area contributed by atoms with Crippen molar-refractivity contribution < 1.29 is 9.59 Å². The van der Waals surface area contributed by atoms with E-state index in [1.54, 1.807) is 18.2 Å². The van der Waals surface area contributed by atoms with Crippen molar-refractivity contribution >= 4 is 52.0 Å². The lowest BCUT2D eigenvalue weighted by Gasteiger charge is -2.17.